The molecule has 0 bridgehead atoms. The summed E-state index contributed by atoms with van der Waals surface area (Å²) in [4.78, 5) is 41.3. The molecule has 11 rings (SSSR count). The van der Waals surface area contributed by atoms with Crippen LogP contribution < -0.4 is 24.6 Å². The fraction of sp³-hybridized carbons (Fsp3) is 0.527. The number of pyridine rings is 1. The summed E-state index contributed by atoms with van der Waals surface area (Å²) >= 11 is 0. The van der Waals surface area contributed by atoms with Crippen LogP contribution in [0, 0.1) is 21.4 Å². The van der Waals surface area contributed by atoms with Crippen molar-refractivity contribution in [2.45, 2.75) is 132 Å². The third-order valence-corrected chi connectivity index (χ3v) is 18.3. The lowest BCUT2D eigenvalue weighted by Crippen LogP contribution is -2.60. The van der Waals surface area contributed by atoms with Crippen LogP contribution in [-0.4, -0.2) is 115 Å². The first-order valence-electron chi connectivity index (χ1n) is 26.2. The molecule has 3 saturated heterocycles. The van der Waals surface area contributed by atoms with E-state index in [1.54, 1.807) is 6.07 Å². The first-order chi connectivity index (χ1) is 35.1. The van der Waals surface area contributed by atoms with E-state index in [9.17, 15) is 28.4 Å². The minimum Gasteiger partial charge on any atom is -0.468 e. The Morgan fingerprint density at radius 2 is 1.74 bits per heavy atom. The Bertz CT molecular complexity index is 2990. The number of fused-ring (bicyclic) bond motifs is 3. The number of H-pyrrole nitrogens is 1. The van der Waals surface area contributed by atoms with Gasteiger partial charge in [-0.1, -0.05) is 38.1 Å². The van der Waals surface area contributed by atoms with Gasteiger partial charge in [0.25, 0.3) is 21.6 Å². The van der Waals surface area contributed by atoms with E-state index in [4.69, 9.17) is 19.2 Å². The second kappa shape index (κ2) is 19.5. The maximum Gasteiger partial charge on any atom is 0.293 e. The van der Waals surface area contributed by atoms with E-state index < -0.39 is 43.1 Å². The highest BCUT2D eigenvalue weighted by Crippen LogP contribution is 2.54. The van der Waals surface area contributed by atoms with Crippen LogP contribution in [0.25, 0.3) is 11.0 Å². The summed E-state index contributed by atoms with van der Waals surface area (Å²) in [5.41, 5.74) is 4.84. The van der Waals surface area contributed by atoms with Gasteiger partial charge in [-0.25, -0.2) is 13.1 Å². The van der Waals surface area contributed by atoms with Gasteiger partial charge in [0.2, 0.25) is 5.88 Å². The Morgan fingerprint density at radius 3 is 2.51 bits per heavy atom. The first-order valence-corrected chi connectivity index (χ1v) is 27.7. The highest BCUT2D eigenvalue weighted by molar-refractivity contribution is 7.90. The van der Waals surface area contributed by atoms with Crippen molar-refractivity contribution in [3.05, 3.63) is 106 Å². The SMILES string of the molecule is CC(C)c1ccccc1[C@@H]1COC[C@H](C)N1C1CC2(CCN(c3ccc(C(=O)NS(=O)(=O)c4ccc(NCC5CCC(C)(O)CC5)c([N+](=O)[O-])c4)c(N4c5cc6cc[nH]c6nc5O[C@H]5COCC[C@@H]54)c3)CC2)C1. The van der Waals surface area contributed by atoms with Gasteiger partial charge >= 0.3 is 0 Å². The van der Waals surface area contributed by atoms with Crippen molar-refractivity contribution in [3.8, 4) is 5.88 Å². The second-order valence-corrected chi connectivity index (χ2v) is 23.9. The monoisotopic (exact) mass is 1020 g/mol. The summed E-state index contributed by atoms with van der Waals surface area (Å²) in [5, 5.41) is 26.8. The van der Waals surface area contributed by atoms with Crippen LogP contribution in [0.3, 0.4) is 0 Å². The molecule has 18 heteroatoms. The molecule has 6 aliphatic rings. The molecule has 2 aliphatic carbocycles. The first kappa shape index (κ1) is 49.4. The van der Waals surface area contributed by atoms with Gasteiger partial charge in [0.15, 0.2) is 0 Å². The maximum atomic E-state index is 14.7. The van der Waals surface area contributed by atoms with Gasteiger partial charge in [0.1, 0.15) is 23.1 Å². The Morgan fingerprint density at radius 1 is 0.959 bits per heavy atom. The topological polar surface area (TPSA) is 205 Å². The summed E-state index contributed by atoms with van der Waals surface area (Å²) in [7, 11) is -4.62. The van der Waals surface area contributed by atoms with Crippen molar-refractivity contribution < 1.29 is 37.5 Å². The summed E-state index contributed by atoms with van der Waals surface area (Å²) in [5.74, 6) is 0.105. The van der Waals surface area contributed by atoms with Crippen LogP contribution in [0.15, 0.2) is 83.9 Å². The third-order valence-electron chi connectivity index (χ3n) is 17.0. The quantitative estimate of drug-likeness (QED) is 0.0681. The van der Waals surface area contributed by atoms with E-state index in [1.807, 2.05) is 37.4 Å². The van der Waals surface area contributed by atoms with Crippen molar-refractivity contribution >= 4 is 55.4 Å². The minimum absolute atomic E-state index is 0.113. The number of anilines is 4. The fourth-order valence-corrected chi connectivity index (χ4v) is 13.9. The van der Waals surface area contributed by atoms with Crippen LogP contribution in [0.1, 0.15) is 119 Å². The van der Waals surface area contributed by atoms with Crippen LogP contribution >= 0.6 is 0 Å². The summed E-state index contributed by atoms with van der Waals surface area (Å²) in [6.45, 7) is 12.9. The average Bonchev–Trinajstić information content (AvgIpc) is 3.83. The molecular weight excluding hydrogens is 949 g/mol. The number of sulfonamides is 1. The number of amides is 1. The predicted octanol–water partition coefficient (Wildman–Crippen LogP) is 8.97. The largest absolute Gasteiger partial charge is 0.468 e. The second-order valence-electron chi connectivity index (χ2n) is 22.3. The Labute approximate surface area is 427 Å². The highest BCUT2D eigenvalue weighted by Gasteiger charge is 2.51. The van der Waals surface area contributed by atoms with Crippen molar-refractivity contribution in [2.24, 2.45) is 11.3 Å². The number of aromatic nitrogens is 2. The number of rotatable bonds is 12. The molecule has 4 aliphatic heterocycles. The zero-order valence-corrected chi connectivity index (χ0v) is 43.0. The van der Waals surface area contributed by atoms with E-state index >= 15 is 0 Å². The van der Waals surface area contributed by atoms with Crippen LogP contribution in [0.2, 0.25) is 0 Å². The van der Waals surface area contributed by atoms with E-state index in [1.165, 1.54) is 23.3 Å². The number of aliphatic hydroxyl groups is 1. The molecule has 17 nitrogen and oxygen atoms in total. The number of morpholine rings is 1. The molecule has 5 fully saturated rings. The third kappa shape index (κ3) is 9.65. The van der Waals surface area contributed by atoms with E-state index in [2.05, 4.69) is 74.8 Å². The molecule has 5 aromatic rings. The van der Waals surface area contributed by atoms with Gasteiger partial charge in [-0.05, 0) is 142 Å². The Hall–Kier alpha value is -5.79. The van der Waals surface area contributed by atoms with Crippen molar-refractivity contribution in [3.63, 3.8) is 0 Å². The van der Waals surface area contributed by atoms with Gasteiger partial charge in [-0.3, -0.25) is 19.8 Å². The normalized spacial score (nSPS) is 26.5. The zero-order valence-electron chi connectivity index (χ0n) is 42.2. The molecule has 0 unspecified atom stereocenters. The molecule has 4 N–H and O–H groups in total. The van der Waals surface area contributed by atoms with Gasteiger partial charge in [-0.15, -0.1) is 0 Å². The summed E-state index contributed by atoms with van der Waals surface area (Å²) < 4.78 is 49.3. The molecule has 388 valence electrons. The number of nitrogens with zero attached hydrogens (tertiary/aromatic N) is 5. The predicted molar refractivity (Wildman–Crippen MR) is 279 cm³/mol. The lowest BCUT2D eigenvalue weighted by atomic mass is 9.59. The summed E-state index contributed by atoms with van der Waals surface area (Å²) in [6, 6.07) is 22.7. The average molecular weight is 1020 g/mol. The van der Waals surface area contributed by atoms with Crippen molar-refractivity contribution in [2.75, 3.05) is 61.2 Å². The van der Waals surface area contributed by atoms with Gasteiger partial charge in [-0.2, -0.15) is 4.98 Å². The van der Waals surface area contributed by atoms with Crippen LogP contribution in [0.5, 0.6) is 5.88 Å². The molecule has 1 amide bonds. The number of ether oxygens (including phenoxy) is 3. The van der Waals surface area contributed by atoms with Gasteiger partial charge in [0, 0.05) is 61.7 Å². The lowest BCUT2D eigenvalue weighted by Gasteiger charge is -2.59. The lowest BCUT2D eigenvalue weighted by molar-refractivity contribution is -0.384. The smallest absolute Gasteiger partial charge is 0.293 e. The highest BCUT2D eigenvalue weighted by atomic mass is 32.2. The molecule has 1 spiro atoms. The number of nitro benzene ring substituents is 1. The molecule has 3 aromatic carbocycles. The molecule has 73 heavy (non-hydrogen) atoms. The number of nitrogens with one attached hydrogen (secondary N) is 3. The number of piperidine rings is 1. The van der Waals surface area contributed by atoms with Crippen molar-refractivity contribution in [1.29, 1.82) is 0 Å². The zero-order chi connectivity index (χ0) is 50.8. The minimum atomic E-state index is -4.62. The van der Waals surface area contributed by atoms with Crippen molar-refractivity contribution in [1.82, 2.24) is 19.6 Å². The summed E-state index contributed by atoms with van der Waals surface area (Å²) in [6.07, 6.45) is 9.05. The number of carbonyl (C=O) groups is 1. The fourth-order valence-electron chi connectivity index (χ4n) is 12.9. The molecule has 2 saturated carbocycles. The van der Waals surface area contributed by atoms with E-state index in [0.29, 0.717) is 86.5 Å². The Kier molecular flexibility index (Phi) is 13.2. The van der Waals surface area contributed by atoms with Gasteiger partial charge < -0.3 is 39.4 Å². The van der Waals surface area contributed by atoms with Crippen LogP contribution in [0.4, 0.5) is 28.4 Å². The number of hydrogen-bond donors (Lipinski definition) is 4. The molecule has 4 atom stereocenters. The van der Waals surface area contributed by atoms with E-state index in [0.717, 1.165) is 75.4 Å². The number of hydrogen-bond acceptors (Lipinski definition) is 14. The molecule has 0 radical (unpaired) electrons. The standard InChI is InChI=1S/C55H68N8O9S/c1-34(2)41-7-5-6-8-42(41)49-32-71-31-35(3)61(49)39-28-55(29-39)19-22-60(23-20-55)38-9-11-43(46(26-38)62-45-16-24-70-33-50(45)72-53-48(62)25-37-15-21-56-51(37)58-53)52(64)59-73(68,69)40-10-12-44(47(27-40)63(66)67)57-30-36-13-17-54(4,65)18-14-36/h5-12,15,21,25-27,34-36,39,45,49-50,57,65H,13-14,16-20,22-24,28-33H2,1-4H3,(H,56,58)(H,59,64)/t35-,36?,45-,49-,50-,54?/m0/s1. The molecule has 2 aromatic heterocycles. The van der Waals surface area contributed by atoms with E-state index in [-0.39, 0.29) is 34.7 Å². The van der Waals surface area contributed by atoms with Crippen LogP contribution in [-0.2, 0) is 19.5 Å². The maximum absolute atomic E-state index is 14.7. The number of benzene rings is 3. The number of aromatic amines is 1. The Balaban J connectivity index is 0.867. The molecule has 6 heterocycles. The number of nitro groups is 1. The van der Waals surface area contributed by atoms with Gasteiger partial charge in [0.05, 0.1) is 58.6 Å². The number of carbonyl (C=O) groups excluding carboxylic acids is 1. The molecular formula is C55H68N8O9S.